The summed E-state index contributed by atoms with van der Waals surface area (Å²) in [5, 5.41) is 2.92. The molecule has 21 heavy (non-hydrogen) atoms. The molecule has 0 bridgehead atoms. The fourth-order valence-corrected chi connectivity index (χ4v) is 3.59. The number of carbonyl (C=O) groups is 1. The first-order chi connectivity index (χ1) is 9.66. The minimum Gasteiger partial charge on any atom is -0.348 e. The summed E-state index contributed by atoms with van der Waals surface area (Å²) in [4.78, 5) is 14.4. The Morgan fingerprint density at radius 1 is 1.33 bits per heavy atom. The summed E-state index contributed by atoms with van der Waals surface area (Å²) in [6, 6.07) is 1.98. The summed E-state index contributed by atoms with van der Waals surface area (Å²) < 4.78 is 25.0. The summed E-state index contributed by atoms with van der Waals surface area (Å²) in [7, 11) is -3.35. The second-order valence-corrected chi connectivity index (χ2v) is 8.94. The number of hydrogen-bond acceptors (Lipinski definition) is 4. The molecule has 0 unspecified atom stereocenters. The van der Waals surface area contributed by atoms with E-state index in [9.17, 15) is 13.2 Å². The van der Waals surface area contributed by atoms with Gasteiger partial charge in [-0.15, -0.1) is 11.3 Å². The lowest BCUT2D eigenvalue weighted by Gasteiger charge is -2.23. The molecule has 1 aromatic heterocycles. The highest BCUT2D eigenvalue weighted by molar-refractivity contribution is 7.89. The predicted octanol–water partition coefficient (Wildman–Crippen LogP) is 2.12. The summed E-state index contributed by atoms with van der Waals surface area (Å²) in [6.45, 7) is 9.46. The van der Waals surface area contributed by atoms with Crippen molar-refractivity contribution in [3.8, 4) is 0 Å². The third kappa shape index (κ3) is 5.41. The van der Waals surface area contributed by atoms with E-state index in [1.54, 1.807) is 11.3 Å². The van der Waals surface area contributed by atoms with Crippen LogP contribution in [-0.2, 0) is 14.8 Å². The molecule has 0 aliphatic rings. The molecule has 0 aliphatic carbocycles. The maximum atomic E-state index is 12.0. The predicted molar refractivity (Wildman–Crippen MR) is 87.0 cm³/mol. The van der Waals surface area contributed by atoms with Crippen LogP contribution in [0.5, 0.6) is 0 Å². The van der Waals surface area contributed by atoms with Gasteiger partial charge < -0.3 is 5.32 Å². The molecule has 5 nitrogen and oxygen atoms in total. The molecule has 0 fully saturated rings. The second kappa shape index (κ2) is 7.38. The van der Waals surface area contributed by atoms with Gasteiger partial charge in [0.05, 0.1) is 18.3 Å². The van der Waals surface area contributed by atoms with Crippen molar-refractivity contribution in [2.45, 2.75) is 40.7 Å². The van der Waals surface area contributed by atoms with Gasteiger partial charge >= 0.3 is 0 Å². The van der Waals surface area contributed by atoms with Crippen LogP contribution < -0.4 is 10.0 Å². The summed E-state index contributed by atoms with van der Waals surface area (Å²) in [6.07, 6.45) is 0. The molecule has 0 radical (unpaired) electrons. The molecule has 1 amide bonds. The number of aryl methyl sites for hydroxylation is 2. The van der Waals surface area contributed by atoms with E-state index in [-0.39, 0.29) is 30.2 Å². The third-order valence-corrected chi connectivity index (χ3v) is 5.56. The van der Waals surface area contributed by atoms with Gasteiger partial charge in [-0.1, -0.05) is 13.8 Å². The van der Waals surface area contributed by atoms with Crippen molar-refractivity contribution in [2.24, 2.45) is 5.92 Å². The van der Waals surface area contributed by atoms with Crippen LogP contribution in [0.4, 0.5) is 0 Å². The Labute approximate surface area is 131 Å². The highest BCUT2D eigenvalue weighted by Gasteiger charge is 2.22. The summed E-state index contributed by atoms with van der Waals surface area (Å²) in [5.74, 6) is -0.116. The largest absolute Gasteiger partial charge is 0.348 e. The normalized spacial score (nSPS) is 13.4. The van der Waals surface area contributed by atoms with Gasteiger partial charge in [0.1, 0.15) is 0 Å². The fourth-order valence-electron chi connectivity index (χ4n) is 2.06. The first-order valence-electron chi connectivity index (χ1n) is 7.00. The standard InChI is InChI=1S/C14H24N2O3S2/c1-6-21(18,19)15-8-13(17)16-14(9(2)3)12-7-10(4)20-11(12)5/h7,9,14-15H,6,8H2,1-5H3,(H,16,17)/t14-/m0/s1. The molecule has 1 heterocycles. The van der Waals surface area contributed by atoms with Gasteiger partial charge in [0.2, 0.25) is 15.9 Å². The Hall–Kier alpha value is -0.920. The van der Waals surface area contributed by atoms with Crippen LogP contribution in [-0.4, -0.2) is 26.6 Å². The maximum Gasteiger partial charge on any atom is 0.235 e. The van der Waals surface area contributed by atoms with Gasteiger partial charge in [0, 0.05) is 9.75 Å². The SMILES string of the molecule is CCS(=O)(=O)NCC(=O)N[C@H](c1cc(C)sc1C)C(C)C. The van der Waals surface area contributed by atoms with Crippen molar-refractivity contribution in [1.82, 2.24) is 10.0 Å². The molecule has 0 saturated heterocycles. The molecule has 0 saturated carbocycles. The summed E-state index contributed by atoms with van der Waals surface area (Å²) >= 11 is 1.70. The van der Waals surface area contributed by atoms with E-state index >= 15 is 0 Å². The number of amides is 1. The maximum absolute atomic E-state index is 12.0. The molecule has 1 aromatic rings. The second-order valence-electron chi connectivity index (χ2n) is 5.38. The average molecular weight is 332 g/mol. The van der Waals surface area contributed by atoms with Gasteiger partial charge in [-0.2, -0.15) is 0 Å². The Morgan fingerprint density at radius 2 is 1.95 bits per heavy atom. The molecule has 0 aliphatic heterocycles. The van der Waals surface area contributed by atoms with Crippen LogP contribution in [0.15, 0.2) is 6.07 Å². The average Bonchev–Trinajstić information content (AvgIpc) is 2.72. The van der Waals surface area contributed by atoms with Crippen LogP contribution in [0.25, 0.3) is 0 Å². The molecule has 7 heteroatoms. The van der Waals surface area contributed by atoms with E-state index in [1.807, 2.05) is 27.7 Å². The zero-order valence-corrected chi connectivity index (χ0v) is 14.8. The van der Waals surface area contributed by atoms with E-state index in [1.165, 1.54) is 16.7 Å². The minimum absolute atomic E-state index is 0.0310. The smallest absolute Gasteiger partial charge is 0.235 e. The summed E-state index contributed by atoms with van der Waals surface area (Å²) in [5.41, 5.74) is 1.11. The van der Waals surface area contributed by atoms with Crippen molar-refractivity contribution in [1.29, 1.82) is 0 Å². The van der Waals surface area contributed by atoms with Crippen molar-refractivity contribution < 1.29 is 13.2 Å². The van der Waals surface area contributed by atoms with Crippen LogP contribution in [0.3, 0.4) is 0 Å². The molecular formula is C14H24N2O3S2. The Kier molecular flexibility index (Phi) is 6.37. The Balaban J connectivity index is 2.76. The lowest BCUT2D eigenvalue weighted by Crippen LogP contribution is -2.40. The van der Waals surface area contributed by atoms with Crippen LogP contribution in [0.1, 0.15) is 42.1 Å². The van der Waals surface area contributed by atoms with Crippen molar-refractivity contribution in [3.63, 3.8) is 0 Å². The molecular weight excluding hydrogens is 308 g/mol. The van der Waals surface area contributed by atoms with E-state index in [2.05, 4.69) is 16.1 Å². The van der Waals surface area contributed by atoms with E-state index < -0.39 is 10.0 Å². The Morgan fingerprint density at radius 3 is 2.38 bits per heavy atom. The van der Waals surface area contributed by atoms with Gasteiger partial charge in [-0.05, 0) is 38.3 Å². The molecule has 120 valence electrons. The zero-order valence-electron chi connectivity index (χ0n) is 13.2. The highest BCUT2D eigenvalue weighted by atomic mass is 32.2. The molecule has 0 spiro atoms. The number of nitrogens with one attached hydrogen (secondary N) is 2. The van der Waals surface area contributed by atoms with Crippen LogP contribution in [0, 0.1) is 19.8 Å². The lowest BCUT2D eigenvalue weighted by atomic mass is 9.96. The molecule has 1 rings (SSSR count). The number of carbonyl (C=O) groups excluding carboxylic acids is 1. The van der Waals surface area contributed by atoms with Gasteiger partial charge in [-0.25, -0.2) is 13.1 Å². The molecule has 0 aromatic carbocycles. The van der Waals surface area contributed by atoms with Crippen LogP contribution >= 0.6 is 11.3 Å². The first-order valence-corrected chi connectivity index (χ1v) is 9.46. The van der Waals surface area contributed by atoms with E-state index in [0.29, 0.717) is 0 Å². The molecule has 1 atom stereocenters. The fraction of sp³-hybridized carbons (Fsp3) is 0.643. The van der Waals surface area contributed by atoms with Crippen LogP contribution in [0.2, 0.25) is 0 Å². The first kappa shape index (κ1) is 18.1. The highest BCUT2D eigenvalue weighted by Crippen LogP contribution is 2.30. The monoisotopic (exact) mass is 332 g/mol. The van der Waals surface area contributed by atoms with E-state index in [0.717, 1.165) is 5.56 Å². The van der Waals surface area contributed by atoms with Gasteiger partial charge in [0.25, 0.3) is 0 Å². The minimum atomic E-state index is -3.35. The van der Waals surface area contributed by atoms with Crippen molar-refractivity contribution in [2.75, 3.05) is 12.3 Å². The van der Waals surface area contributed by atoms with Gasteiger partial charge in [0.15, 0.2) is 0 Å². The number of rotatable bonds is 7. The van der Waals surface area contributed by atoms with Gasteiger partial charge in [-0.3, -0.25) is 4.79 Å². The lowest BCUT2D eigenvalue weighted by molar-refractivity contribution is -0.121. The third-order valence-electron chi connectivity index (χ3n) is 3.23. The van der Waals surface area contributed by atoms with E-state index in [4.69, 9.17) is 0 Å². The number of hydrogen-bond donors (Lipinski definition) is 2. The Bertz CT molecular complexity index is 591. The quantitative estimate of drug-likeness (QED) is 0.803. The number of thiophene rings is 1. The van der Waals surface area contributed by atoms with Crippen molar-refractivity contribution >= 4 is 27.3 Å². The van der Waals surface area contributed by atoms with Crippen molar-refractivity contribution in [3.05, 3.63) is 21.4 Å². The topological polar surface area (TPSA) is 75.3 Å². The molecule has 2 N–H and O–H groups in total. The zero-order chi connectivity index (χ0) is 16.2. The number of sulfonamides is 1.